The van der Waals surface area contributed by atoms with Gasteiger partial charge in [-0.3, -0.25) is 9.69 Å². The Morgan fingerprint density at radius 3 is 2.33 bits per heavy atom. The molecule has 5 heteroatoms. The third-order valence-electron chi connectivity index (χ3n) is 4.62. The van der Waals surface area contributed by atoms with Gasteiger partial charge in [0.25, 0.3) is 5.91 Å². The van der Waals surface area contributed by atoms with E-state index < -0.39 is 0 Å². The Morgan fingerprint density at radius 1 is 1.04 bits per heavy atom. The van der Waals surface area contributed by atoms with Crippen LogP contribution in [0.25, 0.3) is 0 Å². The number of carbonyl (C=O) groups excluding carboxylic acids is 1. The standard InChI is InChI=1S/C22H30N2O3/c1-5-24(6-2)19(17-11-9-8-10-12-17)16-23-22(25)18-13-14-20(27-7-3)21(15-18)26-4/h8-15,19H,5-7,16H2,1-4H3,(H,23,25). The van der Waals surface area contributed by atoms with E-state index in [9.17, 15) is 4.79 Å². The molecule has 0 fully saturated rings. The number of amides is 1. The topological polar surface area (TPSA) is 50.8 Å². The lowest BCUT2D eigenvalue weighted by molar-refractivity contribution is 0.0934. The first kappa shape index (κ1) is 20.8. The summed E-state index contributed by atoms with van der Waals surface area (Å²) in [6.07, 6.45) is 0. The average molecular weight is 370 g/mol. The minimum atomic E-state index is -0.121. The van der Waals surface area contributed by atoms with E-state index >= 15 is 0 Å². The molecule has 0 bridgehead atoms. The summed E-state index contributed by atoms with van der Waals surface area (Å²) in [5.41, 5.74) is 1.76. The monoisotopic (exact) mass is 370 g/mol. The second-order valence-electron chi connectivity index (χ2n) is 6.16. The highest BCUT2D eigenvalue weighted by molar-refractivity contribution is 5.94. The molecule has 1 atom stereocenters. The van der Waals surface area contributed by atoms with E-state index in [0.29, 0.717) is 30.2 Å². The molecule has 0 aromatic heterocycles. The molecule has 0 aliphatic heterocycles. The van der Waals surface area contributed by atoms with Gasteiger partial charge in [0.2, 0.25) is 0 Å². The second-order valence-corrected chi connectivity index (χ2v) is 6.16. The summed E-state index contributed by atoms with van der Waals surface area (Å²) in [4.78, 5) is 15.0. The Balaban J connectivity index is 2.13. The molecule has 0 aliphatic carbocycles. The van der Waals surface area contributed by atoms with Crippen LogP contribution in [0.3, 0.4) is 0 Å². The van der Waals surface area contributed by atoms with E-state index in [4.69, 9.17) is 9.47 Å². The Labute approximate surface area is 162 Å². The first-order chi connectivity index (χ1) is 13.1. The zero-order valence-electron chi connectivity index (χ0n) is 16.7. The molecule has 1 N–H and O–H groups in total. The molecular formula is C22H30N2O3. The maximum absolute atomic E-state index is 12.7. The SMILES string of the molecule is CCOc1ccc(C(=O)NCC(c2ccccc2)N(CC)CC)cc1OC. The number of methoxy groups -OCH3 is 1. The number of nitrogens with one attached hydrogen (secondary N) is 1. The van der Waals surface area contributed by atoms with Crippen LogP contribution in [-0.2, 0) is 0 Å². The second kappa shape index (κ2) is 10.6. The maximum atomic E-state index is 12.7. The maximum Gasteiger partial charge on any atom is 0.251 e. The number of ether oxygens (including phenoxy) is 2. The van der Waals surface area contributed by atoms with E-state index in [-0.39, 0.29) is 11.9 Å². The number of carbonyl (C=O) groups is 1. The molecule has 2 aromatic rings. The van der Waals surface area contributed by atoms with Crippen molar-refractivity contribution in [2.45, 2.75) is 26.8 Å². The van der Waals surface area contributed by atoms with Crippen molar-refractivity contribution in [1.29, 1.82) is 0 Å². The molecule has 146 valence electrons. The predicted molar refractivity (Wildman–Crippen MR) is 109 cm³/mol. The summed E-state index contributed by atoms with van der Waals surface area (Å²) < 4.78 is 10.9. The molecule has 27 heavy (non-hydrogen) atoms. The fraction of sp³-hybridized carbons (Fsp3) is 0.409. The summed E-state index contributed by atoms with van der Waals surface area (Å²) >= 11 is 0. The van der Waals surface area contributed by atoms with Gasteiger partial charge in [-0.15, -0.1) is 0 Å². The van der Waals surface area contributed by atoms with E-state index in [1.807, 2.05) is 25.1 Å². The largest absolute Gasteiger partial charge is 0.493 e. The van der Waals surface area contributed by atoms with Gasteiger partial charge in [-0.2, -0.15) is 0 Å². The van der Waals surface area contributed by atoms with Crippen molar-refractivity contribution < 1.29 is 14.3 Å². The molecule has 0 saturated heterocycles. The number of hydrogen-bond donors (Lipinski definition) is 1. The smallest absolute Gasteiger partial charge is 0.251 e. The van der Waals surface area contributed by atoms with Crippen LogP contribution in [0.15, 0.2) is 48.5 Å². The quantitative estimate of drug-likeness (QED) is 0.689. The summed E-state index contributed by atoms with van der Waals surface area (Å²) in [6.45, 7) is 9.12. The van der Waals surface area contributed by atoms with Crippen molar-refractivity contribution >= 4 is 5.91 Å². The van der Waals surface area contributed by atoms with Crippen LogP contribution in [0.5, 0.6) is 11.5 Å². The Bertz CT molecular complexity index is 715. The first-order valence-corrected chi connectivity index (χ1v) is 9.52. The molecule has 2 rings (SSSR count). The van der Waals surface area contributed by atoms with E-state index in [1.54, 1.807) is 25.3 Å². The van der Waals surface area contributed by atoms with Crippen LogP contribution in [-0.4, -0.2) is 44.2 Å². The van der Waals surface area contributed by atoms with Crippen molar-refractivity contribution in [3.8, 4) is 11.5 Å². The zero-order chi connectivity index (χ0) is 19.6. The lowest BCUT2D eigenvalue weighted by Crippen LogP contribution is -2.38. The van der Waals surface area contributed by atoms with Crippen LogP contribution in [0.2, 0.25) is 0 Å². The summed E-state index contributed by atoms with van der Waals surface area (Å²) in [6, 6.07) is 15.7. The van der Waals surface area contributed by atoms with Gasteiger partial charge in [0.05, 0.1) is 19.8 Å². The summed E-state index contributed by atoms with van der Waals surface area (Å²) in [5.74, 6) is 1.08. The fourth-order valence-electron chi connectivity index (χ4n) is 3.17. The van der Waals surface area contributed by atoms with Gasteiger partial charge in [0, 0.05) is 12.1 Å². The molecular weight excluding hydrogens is 340 g/mol. The van der Waals surface area contributed by atoms with Crippen LogP contribution >= 0.6 is 0 Å². The van der Waals surface area contributed by atoms with Gasteiger partial charge in [0.1, 0.15) is 0 Å². The van der Waals surface area contributed by atoms with Crippen LogP contribution in [0, 0.1) is 0 Å². The molecule has 0 radical (unpaired) electrons. The number of nitrogens with zero attached hydrogens (tertiary/aromatic N) is 1. The van der Waals surface area contributed by atoms with Gasteiger partial charge in [-0.05, 0) is 43.8 Å². The van der Waals surface area contributed by atoms with E-state index in [1.165, 1.54) is 5.56 Å². The number of benzene rings is 2. The predicted octanol–water partition coefficient (Wildman–Crippen LogP) is 3.91. The van der Waals surface area contributed by atoms with Crippen molar-refractivity contribution in [2.75, 3.05) is 33.4 Å². The highest BCUT2D eigenvalue weighted by atomic mass is 16.5. The van der Waals surface area contributed by atoms with E-state index in [0.717, 1.165) is 13.1 Å². The van der Waals surface area contributed by atoms with Gasteiger partial charge in [0.15, 0.2) is 11.5 Å². The molecule has 1 amide bonds. The third-order valence-corrected chi connectivity index (χ3v) is 4.62. The number of likely N-dealkylation sites (N-methyl/N-ethyl adjacent to an activating group) is 1. The molecule has 0 spiro atoms. The molecule has 1 unspecified atom stereocenters. The van der Waals surface area contributed by atoms with Gasteiger partial charge >= 0.3 is 0 Å². The molecule has 0 aliphatic rings. The van der Waals surface area contributed by atoms with Crippen LogP contribution < -0.4 is 14.8 Å². The lowest BCUT2D eigenvalue weighted by Gasteiger charge is -2.30. The van der Waals surface area contributed by atoms with Crippen molar-refractivity contribution in [3.05, 3.63) is 59.7 Å². The Kier molecular flexibility index (Phi) is 8.14. The minimum Gasteiger partial charge on any atom is -0.493 e. The van der Waals surface area contributed by atoms with Gasteiger partial charge in [-0.25, -0.2) is 0 Å². The summed E-state index contributed by atoms with van der Waals surface area (Å²) in [5, 5.41) is 3.07. The molecule has 0 saturated carbocycles. The van der Waals surface area contributed by atoms with Gasteiger partial charge < -0.3 is 14.8 Å². The highest BCUT2D eigenvalue weighted by Gasteiger charge is 2.19. The molecule has 5 nitrogen and oxygen atoms in total. The Morgan fingerprint density at radius 2 is 1.74 bits per heavy atom. The normalized spacial score (nSPS) is 11.9. The Hall–Kier alpha value is -2.53. The van der Waals surface area contributed by atoms with Crippen molar-refractivity contribution in [2.24, 2.45) is 0 Å². The minimum absolute atomic E-state index is 0.121. The summed E-state index contributed by atoms with van der Waals surface area (Å²) in [7, 11) is 1.57. The number of hydrogen-bond acceptors (Lipinski definition) is 4. The molecule has 2 aromatic carbocycles. The molecule has 0 heterocycles. The van der Waals surface area contributed by atoms with Crippen molar-refractivity contribution in [3.63, 3.8) is 0 Å². The number of rotatable bonds is 10. The van der Waals surface area contributed by atoms with Crippen molar-refractivity contribution in [1.82, 2.24) is 10.2 Å². The van der Waals surface area contributed by atoms with Crippen LogP contribution in [0.1, 0.15) is 42.7 Å². The fourth-order valence-corrected chi connectivity index (χ4v) is 3.17. The van der Waals surface area contributed by atoms with Crippen LogP contribution in [0.4, 0.5) is 0 Å². The van der Waals surface area contributed by atoms with Gasteiger partial charge in [-0.1, -0.05) is 44.2 Å². The zero-order valence-corrected chi connectivity index (χ0v) is 16.7. The lowest BCUT2D eigenvalue weighted by atomic mass is 10.0. The average Bonchev–Trinajstić information content (AvgIpc) is 2.72. The first-order valence-electron chi connectivity index (χ1n) is 9.52. The highest BCUT2D eigenvalue weighted by Crippen LogP contribution is 2.28. The third kappa shape index (κ3) is 5.47. The van der Waals surface area contributed by atoms with E-state index in [2.05, 4.69) is 36.2 Å².